The normalized spacial score (nSPS) is 12.9. The van der Waals surface area contributed by atoms with E-state index in [2.05, 4.69) is 5.32 Å². The molecule has 25 heavy (non-hydrogen) atoms. The SMILES string of the molecule is O=C(Nc1ccc(-c2ccccc2)c2c1C(=O)CC2)c1ccc(Cl)s1. The maximum absolute atomic E-state index is 12.4. The number of ketones is 1. The third kappa shape index (κ3) is 2.99. The molecule has 0 saturated carbocycles. The molecule has 5 heteroatoms. The molecular formula is C20H14ClNO2S. The highest BCUT2D eigenvalue weighted by atomic mass is 35.5. The first-order valence-corrected chi connectivity index (χ1v) is 9.14. The molecule has 1 N–H and O–H groups in total. The smallest absolute Gasteiger partial charge is 0.265 e. The van der Waals surface area contributed by atoms with Crippen molar-refractivity contribution in [2.45, 2.75) is 12.8 Å². The van der Waals surface area contributed by atoms with Crippen LogP contribution in [0.4, 0.5) is 5.69 Å². The number of benzene rings is 2. The molecule has 0 radical (unpaired) electrons. The molecule has 3 aromatic rings. The third-order valence-corrected chi connectivity index (χ3v) is 5.55. The van der Waals surface area contributed by atoms with Gasteiger partial charge in [0.1, 0.15) is 0 Å². The zero-order chi connectivity index (χ0) is 17.4. The fourth-order valence-corrected chi connectivity index (χ4v) is 4.14. The summed E-state index contributed by atoms with van der Waals surface area (Å²) >= 11 is 7.12. The molecule has 0 bridgehead atoms. The number of fused-ring (bicyclic) bond motifs is 1. The van der Waals surface area contributed by atoms with Gasteiger partial charge in [0, 0.05) is 12.0 Å². The monoisotopic (exact) mass is 367 g/mol. The van der Waals surface area contributed by atoms with Crippen molar-refractivity contribution in [2.24, 2.45) is 0 Å². The molecule has 1 aliphatic carbocycles. The maximum Gasteiger partial charge on any atom is 0.265 e. The van der Waals surface area contributed by atoms with E-state index in [1.54, 1.807) is 12.1 Å². The van der Waals surface area contributed by atoms with Crippen molar-refractivity contribution in [1.29, 1.82) is 0 Å². The second kappa shape index (κ2) is 6.47. The molecule has 0 saturated heterocycles. The molecule has 1 amide bonds. The molecule has 124 valence electrons. The van der Waals surface area contributed by atoms with Gasteiger partial charge in [-0.1, -0.05) is 48.0 Å². The summed E-state index contributed by atoms with van der Waals surface area (Å²) in [7, 11) is 0. The number of amides is 1. The van der Waals surface area contributed by atoms with Crippen LogP contribution in [0.3, 0.4) is 0 Å². The van der Waals surface area contributed by atoms with Crippen LogP contribution in [0.5, 0.6) is 0 Å². The summed E-state index contributed by atoms with van der Waals surface area (Å²) in [6.07, 6.45) is 1.18. The Balaban J connectivity index is 1.74. The number of thiophene rings is 1. The first-order chi connectivity index (χ1) is 12.1. The van der Waals surface area contributed by atoms with Gasteiger partial charge in [-0.05, 0) is 41.3 Å². The van der Waals surface area contributed by atoms with Crippen molar-refractivity contribution in [2.75, 3.05) is 5.32 Å². The van der Waals surface area contributed by atoms with Crippen LogP contribution in [-0.2, 0) is 6.42 Å². The highest BCUT2D eigenvalue weighted by molar-refractivity contribution is 7.18. The Hall–Kier alpha value is -2.43. The van der Waals surface area contributed by atoms with Gasteiger partial charge in [0.2, 0.25) is 0 Å². The Bertz CT molecular complexity index is 979. The summed E-state index contributed by atoms with van der Waals surface area (Å²) in [5.41, 5.74) is 4.36. The highest BCUT2D eigenvalue weighted by Crippen LogP contribution is 2.37. The lowest BCUT2D eigenvalue weighted by atomic mass is 9.95. The van der Waals surface area contributed by atoms with Gasteiger partial charge in [0.25, 0.3) is 5.91 Å². The van der Waals surface area contributed by atoms with Crippen LogP contribution in [0.25, 0.3) is 11.1 Å². The van der Waals surface area contributed by atoms with Gasteiger partial charge in [-0.15, -0.1) is 11.3 Å². The van der Waals surface area contributed by atoms with Crippen LogP contribution in [0.15, 0.2) is 54.6 Å². The maximum atomic E-state index is 12.4. The number of halogens is 1. The molecule has 0 atom stereocenters. The van der Waals surface area contributed by atoms with E-state index in [9.17, 15) is 9.59 Å². The Kier molecular flexibility index (Phi) is 4.15. The van der Waals surface area contributed by atoms with Crippen molar-refractivity contribution in [3.8, 4) is 11.1 Å². The Labute approximate surface area is 154 Å². The van der Waals surface area contributed by atoms with Crippen LogP contribution in [0.1, 0.15) is 32.0 Å². The van der Waals surface area contributed by atoms with Gasteiger partial charge in [-0.3, -0.25) is 9.59 Å². The summed E-state index contributed by atoms with van der Waals surface area (Å²) in [6.45, 7) is 0. The predicted molar refractivity (Wildman–Crippen MR) is 102 cm³/mol. The van der Waals surface area contributed by atoms with Crippen molar-refractivity contribution in [3.63, 3.8) is 0 Å². The number of hydrogen-bond acceptors (Lipinski definition) is 3. The van der Waals surface area contributed by atoms with E-state index in [0.717, 1.165) is 16.7 Å². The first-order valence-electron chi connectivity index (χ1n) is 7.94. The largest absolute Gasteiger partial charge is 0.321 e. The minimum Gasteiger partial charge on any atom is -0.321 e. The molecular weight excluding hydrogens is 354 g/mol. The summed E-state index contributed by atoms with van der Waals surface area (Å²) in [5, 5.41) is 2.87. The molecule has 0 aliphatic heterocycles. The number of rotatable bonds is 3. The van der Waals surface area contributed by atoms with E-state index in [1.165, 1.54) is 11.3 Å². The lowest BCUT2D eigenvalue weighted by Gasteiger charge is -2.13. The van der Waals surface area contributed by atoms with Crippen LogP contribution in [0, 0.1) is 0 Å². The van der Waals surface area contributed by atoms with Crippen molar-refractivity contribution < 1.29 is 9.59 Å². The summed E-state index contributed by atoms with van der Waals surface area (Å²) in [5.74, 6) is -0.168. The standard InChI is InChI=1S/C20H14ClNO2S/c21-18-11-10-17(25-18)20(24)22-15-8-6-13(12-4-2-1-3-5-12)14-7-9-16(23)19(14)15/h1-6,8,10-11H,7,9H2,(H,22,24). The molecule has 0 spiro atoms. The van der Waals surface area contributed by atoms with Crippen LogP contribution >= 0.6 is 22.9 Å². The second-order valence-electron chi connectivity index (χ2n) is 5.86. The minimum absolute atomic E-state index is 0.0762. The van der Waals surface area contributed by atoms with E-state index < -0.39 is 0 Å². The van der Waals surface area contributed by atoms with Gasteiger partial charge >= 0.3 is 0 Å². The van der Waals surface area contributed by atoms with Crippen molar-refractivity contribution in [1.82, 2.24) is 0 Å². The highest BCUT2D eigenvalue weighted by Gasteiger charge is 2.27. The van der Waals surface area contributed by atoms with Crippen molar-refractivity contribution >= 4 is 40.3 Å². The lowest BCUT2D eigenvalue weighted by Crippen LogP contribution is -2.13. The molecule has 1 heterocycles. The zero-order valence-electron chi connectivity index (χ0n) is 13.2. The number of anilines is 1. The topological polar surface area (TPSA) is 46.2 Å². The van der Waals surface area contributed by atoms with E-state index in [4.69, 9.17) is 11.6 Å². The Morgan fingerprint density at radius 2 is 1.80 bits per heavy atom. The van der Waals surface area contributed by atoms with Gasteiger partial charge in [0.05, 0.1) is 14.9 Å². The predicted octanol–water partition coefficient (Wildman–Crippen LogP) is 5.45. The van der Waals surface area contributed by atoms with Crippen LogP contribution in [-0.4, -0.2) is 11.7 Å². The first kappa shape index (κ1) is 16.1. The number of hydrogen-bond donors (Lipinski definition) is 1. The molecule has 2 aromatic carbocycles. The number of carbonyl (C=O) groups is 2. The van der Waals surface area contributed by atoms with E-state index in [-0.39, 0.29) is 11.7 Å². The summed E-state index contributed by atoms with van der Waals surface area (Å²) < 4.78 is 0.561. The van der Waals surface area contributed by atoms with E-state index in [1.807, 2.05) is 42.5 Å². The quantitative estimate of drug-likeness (QED) is 0.669. The number of carbonyl (C=O) groups excluding carboxylic acids is 2. The van der Waals surface area contributed by atoms with Gasteiger partial charge in [-0.25, -0.2) is 0 Å². The van der Waals surface area contributed by atoms with Crippen LogP contribution < -0.4 is 5.32 Å². The lowest BCUT2D eigenvalue weighted by molar-refractivity contribution is 0.0995. The average molecular weight is 368 g/mol. The minimum atomic E-state index is -0.244. The Morgan fingerprint density at radius 1 is 1.00 bits per heavy atom. The van der Waals surface area contributed by atoms with E-state index >= 15 is 0 Å². The summed E-state index contributed by atoms with van der Waals surface area (Å²) in [4.78, 5) is 25.4. The third-order valence-electron chi connectivity index (χ3n) is 4.32. The molecule has 1 aliphatic rings. The van der Waals surface area contributed by atoms with Gasteiger partial charge in [0.15, 0.2) is 5.78 Å². The second-order valence-corrected chi connectivity index (χ2v) is 7.58. The van der Waals surface area contributed by atoms with Crippen molar-refractivity contribution in [3.05, 3.63) is 74.9 Å². The fraction of sp³-hybridized carbons (Fsp3) is 0.100. The Morgan fingerprint density at radius 3 is 2.52 bits per heavy atom. The number of Topliss-reactive ketones (excluding diaryl/α,β-unsaturated/α-hetero) is 1. The summed E-state index contributed by atoms with van der Waals surface area (Å²) in [6, 6.07) is 17.2. The molecule has 3 nitrogen and oxygen atoms in total. The van der Waals surface area contributed by atoms with Crippen LogP contribution in [0.2, 0.25) is 4.34 Å². The fourth-order valence-electron chi connectivity index (χ4n) is 3.20. The van der Waals surface area contributed by atoms with E-state index in [0.29, 0.717) is 33.3 Å². The average Bonchev–Trinajstić information content (AvgIpc) is 3.23. The van der Waals surface area contributed by atoms with Gasteiger partial charge in [-0.2, -0.15) is 0 Å². The van der Waals surface area contributed by atoms with Gasteiger partial charge < -0.3 is 5.32 Å². The zero-order valence-corrected chi connectivity index (χ0v) is 14.8. The molecule has 4 rings (SSSR count). The molecule has 0 unspecified atom stereocenters. The molecule has 1 aromatic heterocycles. The number of nitrogens with one attached hydrogen (secondary N) is 1. The molecule has 0 fully saturated rings.